The molecular formula is C17H24O3. The van der Waals surface area contributed by atoms with Gasteiger partial charge in [0.05, 0.1) is 6.61 Å². The Morgan fingerprint density at radius 2 is 1.80 bits per heavy atom. The first-order chi connectivity index (χ1) is 9.72. The molecule has 0 amide bonds. The zero-order chi connectivity index (χ0) is 14.6. The normalized spacial score (nSPS) is 10.2. The van der Waals surface area contributed by atoms with Gasteiger partial charge in [0.15, 0.2) is 0 Å². The molecule has 0 heterocycles. The molecule has 1 aromatic rings. The lowest BCUT2D eigenvalue weighted by Gasteiger charge is -2.04. The van der Waals surface area contributed by atoms with E-state index in [-0.39, 0.29) is 5.97 Å². The molecule has 0 unspecified atom stereocenters. The Labute approximate surface area is 121 Å². The summed E-state index contributed by atoms with van der Waals surface area (Å²) in [4.78, 5) is 21.2. The number of esters is 1. The number of aryl methyl sites for hydroxylation is 1. The topological polar surface area (TPSA) is 43.4 Å². The lowest BCUT2D eigenvalue weighted by Crippen LogP contribution is -2.00. The number of hydrogen-bond acceptors (Lipinski definition) is 3. The monoisotopic (exact) mass is 276 g/mol. The third-order valence-electron chi connectivity index (χ3n) is 3.25. The Hall–Kier alpha value is -1.64. The molecule has 1 aromatic carbocycles. The van der Waals surface area contributed by atoms with E-state index >= 15 is 0 Å². The molecule has 0 N–H and O–H groups in total. The number of ether oxygens (including phenoxy) is 1. The van der Waals surface area contributed by atoms with Crippen LogP contribution in [-0.2, 0) is 16.0 Å². The summed E-state index contributed by atoms with van der Waals surface area (Å²) >= 11 is 0. The van der Waals surface area contributed by atoms with Crippen molar-refractivity contribution in [3.63, 3.8) is 0 Å². The minimum atomic E-state index is -0.192. The number of rotatable bonds is 10. The number of carbonyl (C=O) groups excluding carboxylic acids is 2. The second kappa shape index (κ2) is 10.2. The van der Waals surface area contributed by atoms with Gasteiger partial charge in [-0.3, -0.25) is 9.59 Å². The summed E-state index contributed by atoms with van der Waals surface area (Å²) in [5.74, 6) is -0.192. The van der Waals surface area contributed by atoms with Gasteiger partial charge in [0.25, 0.3) is 0 Å². The maximum atomic E-state index is 10.7. The predicted octanol–water partition coefficient (Wildman–Crippen LogP) is 3.95. The van der Waals surface area contributed by atoms with Gasteiger partial charge in [0.1, 0.15) is 6.29 Å². The van der Waals surface area contributed by atoms with Gasteiger partial charge in [0, 0.05) is 12.5 Å². The zero-order valence-corrected chi connectivity index (χ0v) is 12.3. The number of aldehydes is 1. The maximum Gasteiger partial charge on any atom is 0.302 e. The molecule has 0 aromatic heterocycles. The van der Waals surface area contributed by atoms with Crippen LogP contribution in [-0.4, -0.2) is 18.9 Å². The molecule has 0 aliphatic rings. The van der Waals surface area contributed by atoms with E-state index in [0.29, 0.717) is 6.61 Å². The second-order valence-corrected chi connectivity index (χ2v) is 5.07. The first kappa shape index (κ1) is 16.4. The molecular weight excluding hydrogens is 252 g/mol. The lowest BCUT2D eigenvalue weighted by molar-refractivity contribution is -0.141. The van der Waals surface area contributed by atoms with E-state index in [2.05, 4.69) is 6.07 Å². The van der Waals surface area contributed by atoms with Crippen molar-refractivity contribution in [2.45, 2.75) is 51.9 Å². The summed E-state index contributed by atoms with van der Waals surface area (Å²) in [6.45, 7) is 1.99. The molecule has 0 bridgehead atoms. The molecule has 0 saturated heterocycles. The first-order valence-electron chi connectivity index (χ1n) is 7.40. The Morgan fingerprint density at radius 1 is 1.10 bits per heavy atom. The predicted molar refractivity (Wildman–Crippen MR) is 79.9 cm³/mol. The smallest absolute Gasteiger partial charge is 0.302 e. The van der Waals surface area contributed by atoms with Crippen LogP contribution in [0.2, 0.25) is 0 Å². The molecule has 0 spiro atoms. The van der Waals surface area contributed by atoms with E-state index in [1.807, 2.05) is 18.2 Å². The number of carbonyl (C=O) groups is 2. The van der Waals surface area contributed by atoms with Gasteiger partial charge >= 0.3 is 5.97 Å². The van der Waals surface area contributed by atoms with Crippen LogP contribution < -0.4 is 0 Å². The zero-order valence-electron chi connectivity index (χ0n) is 12.3. The van der Waals surface area contributed by atoms with E-state index in [4.69, 9.17) is 4.74 Å². The SMILES string of the molecule is CC(=O)OCCCCCCCCc1cccc(C=O)c1. The largest absolute Gasteiger partial charge is 0.466 e. The molecule has 0 aliphatic heterocycles. The van der Waals surface area contributed by atoms with Crippen LogP contribution in [0, 0.1) is 0 Å². The summed E-state index contributed by atoms with van der Waals surface area (Å²) in [5, 5.41) is 0. The molecule has 110 valence electrons. The number of benzene rings is 1. The highest BCUT2D eigenvalue weighted by molar-refractivity contribution is 5.74. The molecule has 0 atom stereocenters. The molecule has 3 heteroatoms. The first-order valence-corrected chi connectivity index (χ1v) is 7.40. The molecule has 0 aliphatic carbocycles. The van der Waals surface area contributed by atoms with E-state index < -0.39 is 0 Å². The Morgan fingerprint density at radius 3 is 2.50 bits per heavy atom. The number of unbranched alkanes of at least 4 members (excludes halogenated alkanes) is 5. The lowest BCUT2D eigenvalue weighted by atomic mass is 10.0. The van der Waals surface area contributed by atoms with Gasteiger partial charge in [-0.25, -0.2) is 0 Å². The Kier molecular flexibility index (Phi) is 8.36. The van der Waals surface area contributed by atoms with Gasteiger partial charge in [-0.15, -0.1) is 0 Å². The number of hydrogen-bond donors (Lipinski definition) is 0. The third kappa shape index (κ3) is 7.72. The second-order valence-electron chi connectivity index (χ2n) is 5.07. The molecule has 20 heavy (non-hydrogen) atoms. The molecule has 0 saturated carbocycles. The van der Waals surface area contributed by atoms with Crippen molar-refractivity contribution in [2.24, 2.45) is 0 Å². The van der Waals surface area contributed by atoms with E-state index in [0.717, 1.165) is 37.5 Å². The summed E-state index contributed by atoms with van der Waals surface area (Å²) in [6.07, 6.45) is 8.78. The van der Waals surface area contributed by atoms with E-state index in [1.54, 1.807) is 0 Å². The highest BCUT2D eigenvalue weighted by atomic mass is 16.5. The molecule has 1 rings (SSSR count). The average Bonchev–Trinajstić information content (AvgIpc) is 2.45. The molecule has 0 fully saturated rings. The Bertz CT molecular complexity index is 412. The van der Waals surface area contributed by atoms with Gasteiger partial charge < -0.3 is 4.74 Å². The van der Waals surface area contributed by atoms with Crippen molar-refractivity contribution >= 4 is 12.3 Å². The quantitative estimate of drug-likeness (QED) is 0.369. The van der Waals surface area contributed by atoms with E-state index in [1.165, 1.54) is 31.7 Å². The van der Waals surface area contributed by atoms with Crippen LogP contribution in [0.4, 0.5) is 0 Å². The minimum Gasteiger partial charge on any atom is -0.466 e. The van der Waals surface area contributed by atoms with Crippen molar-refractivity contribution in [3.05, 3.63) is 35.4 Å². The fourth-order valence-electron chi connectivity index (χ4n) is 2.18. The van der Waals surface area contributed by atoms with Crippen molar-refractivity contribution in [1.29, 1.82) is 0 Å². The van der Waals surface area contributed by atoms with Crippen molar-refractivity contribution < 1.29 is 14.3 Å². The van der Waals surface area contributed by atoms with Crippen LogP contribution in [0.5, 0.6) is 0 Å². The summed E-state index contributed by atoms with van der Waals surface area (Å²) in [7, 11) is 0. The van der Waals surface area contributed by atoms with Gasteiger partial charge in [-0.1, -0.05) is 43.9 Å². The van der Waals surface area contributed by atoms with Gasteiger partial charge in [0.2, 0.25) is 0 Å². The fourth-order valence-corrected chi connectivity index (χ4v) is 2.18. The van der Waals surface area contributed by atoms with E-state index in [9.17, 15) is 9.59 Å². The van der Waals surface area contributed by atoms with Crippen molar-refractivity contribution in [3.8, 4) is 0 Å². The average molecular weight is 276 g/mol. The summed E-state index contributed by atoms with van der Waals surface area (Å²) in [6, 6.07) is 7.81. The van der Waals surface area contributed by atoms with Crippen molar-refractivity contribution in [1.82, 2.24) is 0 Å². The highest BCUT2D eigenvalue weighted by Gasteiger charge is 1.97. The molecule has 0 radical (unpaired) electrons. The molecule has 3 nitrogen and oxygen atoms in total. The van der Waals surface area contributed by atoms with Crippen LogP contribution in [0.25, 0.3) is 0 Å². The minimum absolute atomic E-state index is 0.192. The van der Waals surface area contributed by atoms with Crippen LogP contribution in [0.3, 0.4) is 0 Å². The summed E-state index contributed by atoms with van der Waals surface area (Å²) < 4.78 is 4.88. The van der Waals surface area contributed by atoms with Crippen LogP contribution in [0.15, 0.2) is 24.3 Å². The fraction of sp³-hybridized carbons (Fsp3) is 0.529. The van der Waals surface area contributed by atoms with Crippen molar-refractivity contribution in [2.75, 3.05) is 6.61 Å². The van der Waals surface area contributed by atoms with Gasteiger partial charge in [-0.2, -0.15) is 0 Å². The van der Waals surface area contributed by atoms with Crippen LogP contribution >= 0.6 is 0 Å². The maximum absolute atomic E-state index is 10.7. The van der Waals surface area contributed by atoms with Crippen LogP contribution in [0.1, 0.15) is 61.4 Å². The Balaban J connectivity index is 1.99. The van der Waals surface area contributed by atoms with Gasteiger partial charge in [-0.05, 0) is 30.9 Å². The third-order valence-corrected chi connectivity index (χ3v) is 3.25. The highest BCUT2D eigenvalue weighted by Crippen LogP contribution is 2.11. The summed E-state index contributed by atoms with van der Waals surface area (Å²) in [5.41, 5.74) is 2.00. The standard InChI is InChI=1S/C17H24O3/c1-15(19)20-12-7-5-3-2-4-6-9-16-10-8-11-17(13-16)14-18/h8,10-11,13-14H,2-7,9,12H2,1H3.